The van der Waals surface area contributed by atoms with Crippen molar-refractivity contribution in [2.75, 3.05) is 5.32 Å². The number of benzene rings is 1. The van der Waals surface area contributed by atoms with E-state index in [-0.39, 0.29) is 28.1 Å². The summed E-state index contributed by atoms with van der Waals surface area (Å²) in [7, 11) is 0. The zero-order chi connectivity index (χ0) is 35.6. The summed E-state index contributed by atoms with van der Waals surface area (Å²) in [4.78, 5) is 33.4. The van der Waals surface area contributed by atoms with E-state index in [4.69, 9.17) is 5.73 Å². The maximum Gasteiger partial charge on any atom is 0.459 e. The zero-order valence-electron chi connectivity index (χ0n) is 25.5. The van der Waals surface area contributed by atoms with E-state index in [0.717, 1.165) is 0 Å². The van der Waals surface area contributed by atoms with Gasteiger partial charge in [0.2, 0.25) is 0 Å². The van der Waals surface area contributed by atoms with Crippen LogP contribution in [0, 0.1) is 30.6 Å². The van der Waals surface area contributed by atoms with Crippen molar-refractivity contribution < 1.29 is 31.5 Å². The number of nitrogens with one attached hydrogen (secondary N) is 1. The fourth-order valence-corrected chi connectivity index (χ4v) is 4.67. The van der Waals surface area contributed by atoms with Crippen LogP contribution in [0.2, 0.25) is 0 Å². The number of allylic oxidation sites excluding steroid dienone is 10. The molecule has 12 heteroatoms. The van der Waals surface area contributed by atoms with Gasteiger partial charge in [-0.25, -0.2) is 0 Å². The summed E-state index contributed by atoms with van der Waals surface area (Å²) in [6, 6.07) is 3.02. The monoisotopic (exact) mass is 720 g/mol. The first-order valence-corrected chi connectivity index (χ1v) is 14.6. The minimum absolute atomic E-state index is 0.0264. The van der Waals surface area contributed by atoms with Gasteiger partial charge in [0.1, 0.15) is 5.71 Å². The number of aliphatic imine (C=N–C) groups is 2. The lowest BCUT2D eigenvalue weighted by Gasteiger charge is -2.21. The molecular weight excluding hydrogens is 695 g/mol. The molecule has 48 heavy (non-hydrogen) atoms. The van der Waals surface area contributed by atoms with Crippen LogP contribution in [0.1, 0.15) is 34.8 Å². The van der Waals surface area contributed by atoms with Crippen molar-refractivity contribution in [2.24, 2.45) is 15.7 Å². The van der Waals surface area contributed by atoms with Crippen LogP contribution in [0.3, 0.4) is 0 Å². The van der Waals surface area contributed by atoms with Crippen molar-refractivity contribution >= 4 is 44.9 Å². The van der Waals surface area contributed by atoms with Gasteiger partial charge >= 0.3 is 12.1 Å². The molecule has 0 saturated heterocycles. The molecule has 0 bridgehead atoms. The lowest BCUT2D eigenvalue weighted by Crippen LogP contribution is -2.44. The van der Waals surface area contributed by atoms with E-state index in [1.54, 1.807) is 44.2 Å². The Kier molecular flexibility index (Phi) is 12.2. The van der Waals surface area contributed by atoms with Crippen LogP contribution in [-0.4, -0.2) is 35.3 Å². The number of hydrogen-bond donors (Lipinski definition) is 2. The number of nitrogens with zero attached hydrogens (tertiary/aromatic N) is 2. The summed E-state index contributed by atoms with van der Waals surface area (Å²) in [6.45, 7) is 10.5. The second-order valence-electron chi connectivity index (χ2n) is 10.0. The number of nitrogens with two attached hydrogens (primary N) is 1. The Hall–Kier alpha value is -5.55. The number of amides is 2. The number of aryl methyl sites for hydroxylation is 1. The van der Waals surface area contributed by atoms with Crippen molar-refractivity contribution in [2.45, 2.75) is 32.4 Å². The van der Waals surface area contributed by atoms with Crippen molar-refractivity contribution in [3.63, 3.8) is 0 Å². The molecule has 0 aromatic heterocycles. The Balaban J connectivity index is 2.11. The predicted molar refractivity (Wildman–Crippen MR) is 182 cm³/mol. The molecule has 0 spiro atoms. The Labute approximate surface area is 282 Å². The Morgan fingerprint density at radius 2 is 1.94 bits per heavy atom. The number of carbonyl (C=O) groups is 2. The fourth-order valence-electron chi connectivity index (χ4n) is 4.14. The molecular formula is C36H26BrF5N4O2. The van der Waals surface area contributed by atoms with Crippen LogP contribution in [0.15, 0.2) is 123 Å². The maximum atomic E-state index is 14.3. The minimum Gasteiger partial charge on any atom is -0.366 e. The van der Waals surface area contributed by atoms with Gasteiger partial charge in [-0.1, -0.05) is 49.0 Å². The highest BCUT2D eigenvalue weighted by Gasteiger charge is 2.60. The average molecular weight is 722 g/mol. The van der Waals surface area contributed by atoms with Crippen LogP contribution in [0.25, 0.3) is 0 Å². The van der Waals surface area contributed by atoms with Gasteiger partial charge in [-0.3, -0.25) is 19.6 Å². The number of alkyl halides is 5. The third-order valence-electron chi connectivity index (χ3n) is 6.43. The molecule has 0 atom stereocenters. The van der Waals surface area contributed by atoms with Crippen LogP contribution in [0.4, 0.5) is 27.6 Å². The van der Waals surface area contributed by atoms with Crippen molar-refractivity contribution in [1.82, 2.24) is 0 Å². The summed E-state index contributed by atoms with van der Waals surface area (Å²) in [5.41, 5.74) is 8.13. The summed E-state index contributed by atoms with van der Waals surface area (Å²) in [5.74, 6) is 4.20. The molecule has 1 aliphatic carbocycles. The highest BCUT2D eigenvalue weighted by molar-refractivity contribution is 9.12. The lowest BCUT2D eigenvalue weighted by molar-refractivity contribution is -0.249. The predicted octanol–water partition coefficient (Wildman–Crippen LogP) is 7.89. The number of halogens is 6. The molecule has 244 valence electrons. The van der Waals surface area contributed by atoms with Crippen LogP contribution in [-0.2, 0) is 4.79 Å². The first kappa shape index (κ1) is 36.9. The van der Waals surface area contributed by atoms with Crippen LogP contribution >= 0.6 is 15.9 Å². The SMILES string of the molecule is C=CC#Cc1cc(C)c(NC(=O)C(=C)/C=C(/C=C2\C=C=CN=C(C(F)(F)C(F)(F)F)C2)\N=C(C)/C2=C\C=C\C#C/C=C\2Br)c(C(N)=O)c1. The molecule has 0 fully saturated rings. The Morgan fingerprint density at radius 3 is 2.60 bits per heavy atom. The fraction of sp³-hybridized carbons (Fsp3) is 0.139. The van der Waals surface area contributed by atoms with E-state index >= 15 is 0 Å². The third kappa shape index (κ3) is 9.49. The van der Waals surface area contributed by atoms with Gasteiger partial charge < -0.3 is 11.1 Å². The number of anilines is 1. The van der Waals surface area contributed by atoms with Gasteiger partial charge in [-0.05, 0) is 83.4 Å². The molecule has 3 rings (SSSR count). The van der Waals surface area contributed by atoms with E-state index in [9.17, 15) is 31.5 Å². The molecule has 0 radical (unpaired) electrons. The first-order valence-electron chi connectivity index (χ1n) is 13.8. The van der Waals surface area contributed by atoms with E-state index in [1.165, 1.54) is 30.4 Å². The lowest BCUT2D eigenvalue weighted by atomic mass is 10.0. The molecule has 1 heterocycles. The summed E-state index contributed by atoms with van der Waals surface area (Å²) in [5, 5.41) is 2.60. The number of carbonyl (C=O) groups excluding carboxylic acids is 2. The van der Waals surface area contributed by atoms with E-state index in [2.05, 4.69) is 73.8 Å². The molecule has 1 aromatic rings. The van der Waals surface area contributed by atoms with Gasteiger partial charge in [0.15, 0.2) is 0 Å². The number of rotatable bonds is 8. The van der Waals surface area contributed by atoms with Gasteiger partial charge in [0.05, 0.1) is 23.1 Å². The molecule has 3 N–H and O–H groups in total. The van der Waals surface area contributed by atoms with Crippen molar-refractivity contribution in [1.29, 1.82) is 0 Å². The second-order valence-corrected chi connectivity index (χ2v) is 10.9. The second kappa shape index (κ2) is 15.8. The highest BCUT2D eigenvalue weighted by Crippen LogP contribution is 2.39. The van der Waals surface area contributed by atoms with Gasteiger partial charge in [-0.2, -0.15) is 22.0 Å². The zero-order valence-corrected chi connectivity index (χ0v) is 27.1. The van der Waals surface area contributed by atoms with E-state index in [0.29, 0.717) is 33.1 Å². The molecule has 0 saturated carbocycles. The summed E-state index contributed by atoms with van der Waals surface area (Å²) < 4.78 is 68.7. The largest absolute Gasteiger partial charge is 0.459 e. The average Bonchev–Trinajstić information content (AvgIpc) is 3.24. The maximum absolute atomic E-state index is 14.3. The highest BCUT2D eigenvalue weighted by atomic mass is 79.9. The molecule has 2 amide bonds. The minimum atomic E-state index is -5.88. The quantitative estimate of drug-likeness (QED) is 0.0714. The first-order chi connectivity index (χ1) is 22.5. The van der Waals surface area contributed by atoms with Crippen molar-refractivity contribution in [3.05, 3.63) is 129 Å². The summed E-state index contributed by atoms with van der Waals surface area (Å²) >= 11 is 3.42. The van der Waals surface area contributed by atoms with Gasteiger partial charge in [-0.15, -0.1) is 5.73 Å². The molecule has 1 aliphatic heterocycles. The van der Waals surface area contributed by atoms with E-state index < -0.39 is 36.0 Å². The third-order valence-corrected chi connectivity index (χ3v) is 7.08. The molecule has 2 aliphatic rings. The number of primary amides is 1. The summed E-state index contributed by atoms with van der Waals surface area (Å²) in [6.07, 6.45) is 5.40. The molecule has 0 unspecified atom stereocenters. The van der Waals surface area contributed by atoms with Gasteiger partial charge in [0, 0.05) is 39.4 Å². The smallest absolute Gasteiger partial charge is 0.366 e. The van der Waals surface area contributed by atoms with Gasteiger partial charge in [0.25, 0.3) is 11.8 Å². The standard InChI is InChI=1S/C36H26BrF5N4O2/c1-5-6-12-25-17-22(2)32(29(20-25)33(43)47)46-34(48)23(3)18-27(45-24(4)28-14-9-7-8-10-15-30(28)37)19-26-13-11-16-44-31(21-26)35(38,39)36(40,41)42/h5,7,9,13-20H,1,3,21H2,2,4H3,(H2,43,47)(H,46,48)/b9-7+,14-9?,26-19+,27-18-,28-14+,30-15+,30-28?,45-24-. The number of hydrogen-bond acceptors (Lipinski definition) is 4. The van der Waals surface area contributed by atoms with Crippen LogP contribution in [0.5, 0.6) is 0 Å². The topological polar surface area (TPSA) is 96.9 Å². The Morgan fingerprint density at radius 1 is 1.21 bits per heavy atom. The van der Waals surface area contributed by atoms with E-state index in [1.807, 2.05) is 0 Å². The normalized spacial score (nSPS) is 18.6. The Bertz CT molecular complexity index is 1990. The van der Waals surface area contributed by atoms with Crippen molar-refractivity contribution in [3.8, 4) is 23.7 Å². The molecule has 6 nitrogen and oxygen atoms in total. The molecule has 1 aromatic carbocycles. The van der Waals surface area contributed by atoms with Crippen LogP contribution < -0.4 is 11.1 Å².